The SMILES string of the molecule is [2H]c1c([2H])c([2H])c(-c2cccc3c2-[n+]2[c-]n(-c4[c-]c(Oc5[c-]c6c(cc5)c5ccccc5n6-c5cc(C(C)(C)C)ccn5)ccc4)c4cc(-c5ccc6oc7ccccc7c6c5)cc(c42)-c2ccccc2-c2ccc(-c4c([2H])c([2H])c5c(c4[2H])C(C([2H])([2H])[2H])(C([2H])([2H])[2H])C([2H])(C)C([2H])([2H])C5(C([2H])([2H])[2H])C([2H])([2H])[2H])cc2-3)c([2H])c1[2H].[Pt]. The molecule has 0 bridgehead atoms. The van der Waals surface area contributed by atoms with E-state index in [4.69, 9.17) is 26.5 Å². The van der Waals surface area contributed by atoms with Gasteiger partial charge in [-0.15, -0.1) is 29.7 Å². The Kier molecular flexibility index (Phi) is 8.70. The van der Waals surface area contributed by atoms with Crippen LogP contribution < -0.4 is 9.30 Å². The number of para-hydroxylation sites is 3. The van der Waals surface area contributed by atoms with Crippen LogP contribution in [0.3, 0.4) is 0 Å². The first-order chi connectivity index (χ1) is 53.6. The van der Waals surface area contributed by atoms with E-state index in [1.165, 1.54) is 12.1 Å². The summed E-state index contributed by atoms with van der Waals surface area (Å²) in [6.45, 7) is -9.70. The summed E-state index contributed by atoms with van der Waals surface area (Å²) in [7, 11) is 0. The molecular weight excluding hydrogens is 1300 g/mol. The topological polar surface area (TPSA) is 49.0 Å². The first kappa shape index (κ1) is 37.5. The zero-order valence-corrected chi connectivity index (χ0v) is 52.1. The fourth-order valence-electron chi connectivity index (χ4n) is 13.2. The second-order valence-electron chi connectivity index (χ2n) is 24.3. The Morgan fingerprint density at radius 1 is 0.598 bits per heavy atom. The normalized spacial score (nSPS) is 20.2. The summed E-state index contributed by atoms with van der Waals surface area (Å²) in [5, 5.41) is 3.55. The van der Waals surface area contributed by atoms with Gasteiger partial charge in [-0.1, -0.05) is 212 Å². The Hall–Kier alpha value is -9.87. The van der Waals surface area contributed by atoms with Gasteiger partial charge in [0.05, 0.1) is 27.7 Å². The molecule has 0 amide bonds. The Bertz CT molecular complexity index is 6600. The van der Waals surface area contributed by atoms with Gasteiger partial charge in [-0.05, 0) is 172 Å². The number of aromatic nitrogens is 4. The number of benzene rings is 11. The van der Waals surface area contributed by atoms with Crippen molar-refractivity contribution in [2.24, 2.45) is 5.89 Å². The van der Waals surface area contributed by atoms with Crippen molar-refractivity contribution in [1.82, 2.24) is 14.1 Å². The summed E-state index contributed by atoms with van der Waals surface area (Å²) in [5.41, 5.74) is -3.43. The molecule has 15 aromatic rings. The van der Waals surface area contributed by atoms with Gasteiger partial charge in [-0.25, -0.2) is 4.98 Å². The molecule has 0 fully saturated rings. The molecule has 1 aliphatic carbocycles. The summed E-state index contributed by atoms with van der Waals surface area (Å²) in [5.74, 6) is -2.58. The van der Waals surface area contributed by atoms with Crippen molar-refractivity contribution in [2.75, 3.05) is 0 Å². The van der Waals surface area contributed by atoms with Crippen molar-refractivity contribution in [3.63, 3.8) is 0 Å². The Balaban J connectivity index is 0.00000994. The van der Waals surface area contributed by atoms with Gasteiger partial charge < -0.3 is 18.3 Å². The molecule has 0 spiro atoms. The van der Waals surface area contributed by atoms with E-state index in [-0.39, 0.29) is 65.7 Å². The summed E-state index contributed by atoms with van der Waals surface area (Å²) in [4.78, 5) is 4.87. The number of hydrogen-bond acceptors (Lipinski definition) is 3. The van der Waals surface area contributed by atoms with Crippen LogP contribution in [0.25, 0.3) is 139 Å². The van der Waals surface area contributed by atoms with E-state index in [0.717, 1.165) is 38.2 Å². The van der Waals surface area contributed by atoms with Crippen molar-refractivity contribution in [3.05, 3.63) is 272 Å². The number of hydrogen-bond donors (Lipinski definition) is 0. The number of fused-ring (bicyclic) bond motifs is 14. The van der Waals surface area contributed by atoms with E-state index in [1.807, 2.05) is 115 Å². The fourth-order valence-corrected chi connectivity index (χ4v) is 13.2. The van der Waals surface area contributed by atoms with Crippen LogP contribution in [0.4, 0.5) is 0 Å². The monoisotopic (exact) mass is 1390 g/mol. The fraction of sp³-hybridized carbons (Fsp3) is 0.153. The van der Waals surface area contributed by atoms with Gasteiger partial charge in [0.2, 0.25) is 0 Å². The average molecular weight is 1390 g/mol. The van der Waals surface area contributed by atoms with Crippen molar-refractivity contribution in [2.45, 2.75) is 77.7 Å². The summed E-state index contributed by atoms with van der Waals surface area (Å²) in [6.07, 6.45) is 1.23. The molecule has 17 rings (SSSR count). The number of rotatable bonds is 7. The molecule has 1 unspecified atom stereocenters. The van der Waals surface area contributed by atoms with Gasteiger partial charge in [-0.3, -0.25) is 4.57 Å². The molecule has 4 aromatic heterocycles. The van der Waals surface area contributed by atoms with Crippen LogP contribution in [0.15, 0.2) is 241 Å². The standard InChI is InChI=1S/C85H66N4O2.Pt/c1-52-50-84(5,6)73-38-33-56(45-74(73)85(52,7)8)54-32-36-65-63-24-12-13-25-64(63)72-44-57(55-34-39-79-71(43-55)68-27-15-17-31-78(68)91-79)46-77-82(72)88(81-62(53-20-10-9-11-21-53)28-19-29-69(81)70(65)42-54)51-87(77)59-22-18-23-60(48-59)90-61-35-37-67-66-26-14-16-30-75(66)89(76(67)49-61)80-47-58(40-41-86-80)83(2,3)4;/h9-47,52H,50H2,1-8H3;/q-2;/i5D3,6D3,7D3,8D3,9D,10D,11D,20D,21D,33D,38D,45D,50D2,52D;. The molecular formula is C85H66N4O2Pt-2. The van der Waals surface area contributed by atoms with Crippen LogP contribution in [0.1, 0.15) is 110 Å². The van der Waals surface area contributed by atoms with E-state index < -0.39 is 116 Å². The molecule has 0 N–H and O–H groups in total. The molecule has 0 saturated carbocycles. The van der Waals surface area contributed by atoms with E-state index in [1.54, 1.807) is 63.9 Å². The Morgan fingerprint density at radius 2 is 1.32 bits per heavy atom. The minimum absolute atomic E-state index is 0. The van der Waals surface area contributed by atoms with Gasteiger partial charge >= 0.3 is 0 Å². The third kappa shape index (κ3) is 9.15. The van der Waals surface area contributed by atoms with Crippen molar-refractivity contribution < 1.29 is 66.3 Å². The molecule has 1 aliphatic heterocycles. The Labute approximate surface area is 583 Å². The summed E-state index contributed by atoms with van der Waals surface area (Å²) in [6, 6.07) is 55.4. The van der Waals surface area contributed by atoms with Crippen LogP contribution in [-0.4, -0.2) is 14.1 Å². The van der Waals surface area contributed by atoms with Gasteiger partial charge in [0.1, 0.15) is 17.0 Å². The maximum Gasteiger partial charge on any atom is 0.268 e. The minimum atomic E-state index is -4.23. The van der Waals surface area contributed by atoms with Gasteiger partial charge in [-0.2, -0.15) is 18.2 Å². The molecule has 6 nitrogen and oxygen atoms in total. The molecule has 11 aromatic carbocycles. The summed E-state index contributed by atoms with van der Waals surface area (Å²) >= 11 is 0. The second kappa shape index (κ2) is 21.4. The summed E-state index contributed by atoms with van der Waals surface area (Å²) < 4.78 is 234. The Morgan fingerprint density at radius 3 is 2.15 bits per heavy atom. The molecule has 0 saturated heterocycles. The average Bonchev–Trinajstić information content (AvgIpc) is 1.12. The maximum atomic E-state index is 10.4. The quantitative estimate of drug-likeness (QED) is 0.118. The zero-order valence-electron chi connectivity index (χ0n) is 72.8. The third-order valence-corrected chi connectivity index (χ3v) is 17.7. The molecule has 7 heteroatoms. The maximum absolute atomic E-state index is 10.4. The van der Waals surface area contributed by atoms with Crippen LogP contribution in [0.5, 0.6) is 11.5 Å². The molecule has 450 valence electrons. The molecule has 5 heterocycles. The van der Waals surface area contributed by atoms with Crippen molar-refractivity contribution in [1.29, 1.82) is 0 Å². The molecule has 0 radical (unpaired) electrons. The van der Waals surface area contributed by atoms with Crippen LogP contribution in [-0.2, 0) is 37.3 Å². The van der Waals surface area contributed by atoms with Crippen LogP contribution >= 0.6 is 0 Å². The third-order valence-electron chi connectivity index (χ3n) is 17.7. The smallest absolute Gasteiger partial charge is 0.268 e. The predicted molar refractivity (Wildman–Crippen MR) is 372 cm³/mol. The van der Waals surface area contributed by atoms with Crippen LogP contribution in [0.2, 0.25) is 0 Å². The first-order valence-corrected chi connectivity index (χ1v) is 29.8. The minimum Gasteiger partial charge on any atom is -0.510 e. The number of imidazole rings is 1. The van der Waals surface area contributed by atoms with Crippen LogP contribution in [0, 0.1) is 24.4 Å². The molecule has 2 aliphatic rings. The van der Waals surface area contributed by atoms with Gasteiger partial charge in [0.15, 0.2) is 0 Å². The number of pyridine rings is 1. The first-order valence-electron chi connectivity index (χ1n) is 41.3. The number of nitrogens with zero attached hydrogens (tertiary/aromatic N) is 4. The zero-order chi connectivity index (χ0) is 81.3. The second-order valence-corrected chi connectivity index (χ2v) is 24.3. The number of ether oxygens (including phenoxy) is 1. The van der Waals surface area contributed by atoms with Gasteiger partial charge in [0, 0.05) is 75.6 Å². The van der Waals surface area contributed by atoms with E-state index in [0.29, 0.717) is 79.7 Å². The number of furan rings is 1. The predicted octanol–water partition coefficient (Wildman–Crippen LogP) is 21.7. The van der Waals surface area contributed by atoms with Crippen molar-refractivity contribution in [3.8, 4) is 95.5 Å². The van der Waals surface area contributed by atoms with E-state index in [9.17, 15) is 19.2 Å². The van der Waals surface area contributed by atoms with E-state index in [2.05, 4.69) is 49.9 Å². The van der Waals surface area contributed by atoms with Gasteiger partial charge in [0.25, 0.3) is 6.33 Å². The molecule has 1 atom stereocenters. The largest absolute Gasteiger partial charge is 0.510 e. The molecule has 92 heavy (non-hydrogen) atoms. The van der Waals surface area contributed by atoms with E-state index >= 15 is 0 Å². The van der Waals surface area contributed by atoms with Crippen molar-refractivity contribution >= 4 is 54.8 Å².